The van der Waals surface area contributed by atoms with Crippen LogP contribution in [0.2, 0.25) is 0 Å². The summed E-state index contributed by atoms with van der Waals surface area (Å²) in [6.07, 6.45) is 4.07. The Kier molecular flexibility index (Phi) is 11.8. The number of hydrazine groups is 1. The third-order valence-electron chi connectivity index (χ3n) is 8.11. The van der Waals surface area contributed by atoms with Gasteiger partial charge < -0.3 is 19.1 Å². The van der Waals surface area contributed by atoms with Crippen molar-refractivity contribution in [3.63, 3.8) is 0 Å². The van der Waals surface area contributed by atoms with Gasteiger partial charge in [-0.2, -0.15) is 5.10 Å². The third kappa shape index (κ3) is 8.35. The van der Waals surface area contributed by atoms with E-state index < -0.39 is 17.4 Å². The van der Waals surface area contributed by atoms with Gasteiger partial charge in [0.1, 0.15) is 17.6 Å². The number of aryl methyl sites for hydroxylation is 3. The molecule has 0 spiro atoms. The monoisotopic (exact) mass is 688 g/mol. The minimum atomic E-state index is -0.500. The molecule has 0 bridgehead atoms. The molecule has 1 aliphatic rings. The average Bonchev–Trinajstić information content (AvgIpc) is 3.61. The van der Waals surface area contributed by atoms with Crippen LogP contribution in [-0.4, -0.2) is 69.0 Å². The molecule has 0 atom stereocenters. The molecule has 266 valence electrons. The van der Waals surface area contributed by atoms with Gasteiger partial charge in [-0.05, 0) is 100 Å². The number of ether oxygens (including phenoxy) is 2. The molecule has 6 rings (SSSR count). The molecular weight excluding hydrogens is 643 g/mol. The van der Waals surface area contributed by atoms with Crippen LogP contribution >= 0.6 is 0 Å². The van der Waals surface area contributed by atoms with Crippen molar-refractivity contribution in [1.29, 1.82) is 0 Å². The zero-order chi connectivity index (χ0) is 36.9. The van der Waals surface area contributed by atoms with E-state index in [4.69, 9.17) is 14.6 Å². The molecule has 0 unspecified atom stereocenters. The third-order valence-corrected chi connectivity index (χ3v) is 8.11. The molecule has 3 aromatic heterocycles. The Morgan fingerprint density at radius 1 is 1.16 bits per heavy atom. The summed E-state index contributed by atoms with van der Waals surface area (Å²) in [6, 6.07) is 8.69. The number of hydrogen-bond acceptors (Lipinski definition) is 9. The molecule has 4 heterocycles. The number of aldehydes is 1. The molecule has 1 aliphatic heterocycles. The van der Waals surface area contributed by atoms with Gasteiger partial charge in [-0.15, -0.1) is 0 Å². The first-order valence-corrected chi connectivity index (χ1v) is 16.2. The second kappa shape index (κ2) is 15.6. The summed E-state index contributed by atoms with van der Waals surface area (Å²) in [5.74, 6) is -0.913. The number of amides is 1. The molecule has 1 amide bonds. The average molecular weight is 689 g/mol. The van der Waals surface area contributed by atoms with Crippen molar-refractivity contribution in [2.75, 3.05) is 20.8 Å². The lowest BCUT2D eigenvalue weighted by Gasteiger charge is -2.23. The topological polar surface area (TPSA) is 150 Å². The zero-order valence-electron chi connectivity index (χ0n) is 30.0. The second-order valence-electron chi connectivity index (χ2n) is 13.0. The Morgan fingerprint density at radius 3 is 2.50 bits per heavy atom. The lowest BCUT2D eigenvalue weighted by atomic mass is 9.87. The van der Waals surface area contributed by atoms with Crippen LogP contribution in [0.15, 0.2) is 36.5 Å². The van der Waals surface area contributed by atoms with E-state index in [0.29, 0.717) is 63.5 Å². The first-order chi connectivity index (χ1) is 23.6. The van der Waals surface area contributed by atoms with Crippen molar-refractivity contribution < 1.29 is 33.4 Å². The van der Waals surface area contributed by atoms with Crippen LogP contribution in [0.4, 0.5) is 4.39 Å². The number of aromatic nitrogens is 4. The van der Waals surface area contributed by atoms with Gasteiger partial charge in [-0.3, -0.25) is 24.5 Å². The highest BCUT2D eigenvalue weighted by atomic mass is 19.1. The summed E-state index contributed by atoms with van der Waals surface area (Å²) in [4.78, 5) is 40.0. The minimum absolute atomic E-state index is 0.0256. The van der Waals surface area contributed by atoms with Gasteiger partial charge in [-0.25, -0.2) is 14.8 Å². The molecule has 0 saturated heterocycles. The predicted octanol–water partition coefficient (Wildman–Crippen LogP) is 5.06. The number of esters is 1. The lowest BCUT2D eigenvalue weighted by Crippen LogP contribution is -2.35. The van der Waals surface area contributed by atoms with Crippen LogP contribution in [0, 0.1) is 19.7 Å². The normalized spacial score (nSPS) is 12.2. The summed E-state index contributed by atoms with van der Waals surface area (Å²) < 4.78 is 29.2. The number of nitrogens with zero attached hydrogens (tertiary/aromatic N) is 4. The molecule has 0 radical (unpaired) electrons. The number of carbonyl (C=O) groups is 3. The molecule has 0 fully saturated rings. The SMILES string of the molecule is CC(C)(C)O.CNNC(=O)c1cc2c(-c3cc(F)c4c(c3C)CCCO4)c(CC(=O)OC)c(C)nc2n1C.Cn1ncc2cc(C=O)ccc21. The zero-order valence-corrected chi connectivity index (χ0v) is 30.0. The molecule has 0 aliphatic carbocycles. The van der Waals surface area contributed by atoms with Crippen molar-refractivity contribution in [3.05, 3.63) is 76.0 Å². The van der Waals surface area contributed by atoms with Gasteiger partial charge in [0.25, 0.3) is 5.91 Å². The number of halogens is 1. The Bertz CT molecular complexity index is 2050. The van der Waals surface area contributed by atoms with Crippen LogP contribution in [0.5, 0.6) is 5.75 Å². The van der Waals surface area contributed by atoms with Crippen LogP contribution in [0.1, 0.15) is 70.4 Å². The fraction of sp³-hybridized carbons (Fsp3) is 0.378. The Labute approximate surface area is 290 Å². The van der Waals surface area contributed by atoms with Gasteiger partial charge >= 0.3 is 5.97 Å². The van der Waals surface area contributed by atoms with Crippen LogP contribution in [0.25, 0.3) is 33.1 Å². The van der Waals surface area contributed by atoms with Crippen LogP contribution < -0.4 is 15.6 Å². The van der Waals surface area contributed by atoms with Crippen molar-refractivity contribution in [2.24, 2.45) is 14.1 Å². The largest absolute Gasteiger partial charge is 0.490 e. The molecule has 13 heteroatoms. The van der Waals surface area contributed by atoms with E-state index in [1.54, 1.807) is 69.4 Å². The number of nitrogens with one attached hydrogen (secondary N) is 2. The molecular formula is C37H45FN6O6. The fourth-order valence-corrected chi connectivity index (χ4v) is 5.79. The summed E-state index contributed by atoms with van der Waals surface area (Å²) in [5.41, 5.74) is 11.7. The van der Waals surface area contributed by atoms with E-state index in [1.807, 2.05) is 26.1 Å². The van der Waals surface area contributed by atoms with E-state index >= 15 is 4.39 Å². The summed E-state index contributed by atoms with van der Waals surface area (Å²) >= 11 is 0. The number of rotatable bonds is 6. The van der Waals surface area contributed by atoms with Crippen LogP contribution in [0.3, 0.4) is 0 Å². The molecule has 0 saturated carbocycles. The number of pyridine rings is 1. The van der Waals surface area contributed by atoms with E-state index in [9.17, 15) is 14.4 Å². The molecule has 5 aromatic rings. The minimum Gasteiger partial charge on any atom is -0.490 e. The predicted molar refractivity (Wildman–Crippen MR) is 190 cm³/mol. The first kappa shape index (κ1) is 37.7. The van der Waals surface area contributed by atoms with E-state index in [1.165, 1.54) is 13.2 Å². The van der Waals surface area contributed by atoms with Gasteiger partial charge in [-0.1, -0.05) is 0 Å². The van der Waals surface area contributed by atoms with Crippen molar-refractivity contribution in [3.8, 4) is 16.9 Å². The number of carbonyl (C=O) groups excluding carboxylic acids is 3. The van der Waals surface area contributed by atoms with Crippen LogP contribution in [-0.2, 0) is 36.5 Å². The number of benzene rings is 2. The van der Waals surface area contributed by atoms with Gasteiger partial charge in [0, 0.05) is 48.7 Å². The highest BCUT2D eigenvalue weighted by Crippen LogP contribution is 2.42. The highest BCUT2D eigenvalue weighted by molar-refractivity contribution is 6.04. The summed E-state index contributed by atoms with van der Waals surface area (Å²) in [5, 5.41) is 14.2. The molecule has 50 heavy (non-hydrogen) atoms. The van der Waals surface area contributed by atoms with E-state index in [2.05, 4.69) is 20.9 Å². The van der Waals surface area contributed by atoms with Crippen molar-refractivity contribution in [2.45, 2.75) is 59.5 Å². The standard InChI is InChI=1S/C24H27FN4O4.C9H8N2O.C4H10O/c1-12-14-7-6-8-33-22(14)18(25)9-15(12)21-16(11-20(30)32-5)13(2)27-23-17(21)10-19(29(23)4)24(31)28-26-3;1-11-9-3-2-7(6-12)4-8(9)5-10-11;1-4(2,3)5/h9-10,26H,6-8,11H2,1-5H3,(H,28,31);2-6H,1H3;5H,1-3H3. The molecule has 2 aromatic carbocycles. The first-order valence-electron chi connectivity index (χ1n) is 16.2. The van der Waals surface area contributed by atoms with Gasteiger partial charge in [0.15, 0.2) is 11.6 Å². The number of aliphatic hydroxyl groups is 1. The van der Waals surface area contributed by atoms with Crippen molar-refractivity contribution in [1.82, 2.24) is 30.2 Å². The highest BCUT2D eigenvalue weighted by Gasteiger charge is 2.27. The Balaban J connectivity index is 0.000000270. The van der Waals surface area contributed by atoms with E-state index in [0.717, 1.165) is 34.7 Å². The summed E-state index contributed by atoms with van der Waals surface area (Å²) in [7, 11) is 6.55. The fourth-order valence-electron chi connectivity index (χ4n) is 5.79. The second-order valence-corrected chi connectivity index (χ2v) is 13.0. The maximum Gasteiger partial charge on any atom is 0.310 e. The van der Waals surface area contributed by atoms with Gasteiger partial charge in [0.2, 0.25) is 0 Å². The maximum absolute atomic E-state index is 15.2. The Morgan fingerprint density at radius 2 is 1.86 bits per heavy atom. The number of methoxy groups -OCH3 is 1. The quantitative estimate of drug-likeness (QED) is 0.126. The summed E-state index contributed by atoms with van der Waals surface area (Å²) in [6.45, 7) is 9.45. The lowest BCUT2D eigenvalue weighted by molar-refractivity contribution is -0.139. The Hall–Kier alpha value is -5.14. The van der Waals surface area contributed by atoms with Crippen molar-refractivity contribution >= 4 is 40.1 Å². The number of hydrogen-bond donors (Lipinski definition) is 3. The molecule has 12 nitrogen and oxygen atoms in total. The maximum atomic E-state index is 15.2. The van der Waals surface area contributed by atoms with Gasteiger partial charge in [0.05, 0.1) is 37.5 Å². The molecule has 3 N–H and O–H groups in total. The number of fused-ring (bicyclic) bond motifs is 3. The van der Waals surface area contributed by atoms with E-state index in [-0.39, 0.29) is 12.3 Å². The smallest absolute Gasteiger partial charge is 0.310 e.